The van der Waals surface area contributed by atoms with Crippen molar-refractivity contribution in [3.63, 3.8) is 0 Å². The standard InChI is InChI=1S/C15H12BrClFNO/c1-8-3-4-11(9(2)5-8)15(20)19-14-12(16)6-10(18)7-13(14)17/h3-7H,1-2H3,(H,19,20). The number of nitrogens with one attached hydrogen (secondary N) is 1. The summed E-state index contributed by atoms with van der Waals surface area (Å²) in [6, 6.07) is 7.96. The van der Waals surface area contributed by atoms with Gasteiger partial charge in [0.2, 0.25) is 0 Å². The molecule has 0 aromatic heterocycles. The lowest BCUT2D eigenvalue weighted by Crippen LogP contribution is -2.14. The number of hydrogen-bond donors (Lipinski definition) is 1. The molecule has 0 bridgehead atoms. The molecule has 0 unspecified atom stereocenters. The monoisotopic (exact) mass is 355 g/mol. The van der Waals surface area contributed by atoms with Crippen LogP contribution in [-0.4, -0.2) is 5.91 Å². The van der Waals surface area contributed by atoms with Crippen LogP contribution in [0.25, 0.3) is 0 Å². The molecule has 5 heteroatoms. The van der Waals surface area contributed by atoms with E-state index in [1.165, 1.54) is 6.07 Å². The molecule has 20 heavy (non-hydrogen) atoms. The molecule has 1 N–H and O–H groups in total. The van der Waals surface area contributed by atoms with Gasteiger partial charge in [0.25, 0.3) is 5.91 Å². The summed E-state index contributed by atoms with van der Waals surface area (Å²) in [4.78, 5) is 12.3. The van der Waals surface area contributed by atoms with E-state index < -0.39 is 5.82 Å². The van der Waals surface area contributed by atoms with Gasteiger partial charge < -0.3 is 5.32 Å². The molecule has 1 amide bonds. The van der Waals surface area contributed by atoms with Crippen LogP contribution in [-0.2, 0) is 0 Å². The van der Waals surface area contributed by atoms with Crippen molar-refractivity contribution in [2.45, 2.75) is 13.8 Å². The SMILES string of the molecule is Cc1ccc(C(=O)Nc2c(Cl)cc(F)cc2Br)c(C)c1. The minimum absolute atomic E-state index is 0.148. The van der Waals surface area contributed by atoms with Crippen LogP contribution in [0, 0.1) is 19.7 Å². The van der Waals surface area contributed by atoms with Crippen LogP contribution in [0.4, 0.5) is 10.1 Å². The van der Waals surface area contributed by atoms with Crippen LogP contribution in [0.2, 0.25) is 5.02 Å². The lowest BCUT2D eigenvalue weighted by atomic mass is 10.1. The summed E-state index contributed by atoms with van der Waals surface area (Å²) in [5.74, 6) is -0.747. The summed E-state index contributed by atoms with van der Waals surface area (Å²) in [5, 5.41) is 2.85. The first kappa shape index (κ1) is 15.0. The Morgan fingerprint density at radius 3 is 2.55 bits per heavy atom. The second-order valence-electron chi connectivity index (χ2n) is 4.52. The normalized spacial score (nSPS) is 10.4. The number of aryl methyl sites for hydroxylation is 2. The van der Waals surface area contributed by atoms with E-state index in [0.717, 1.165) is 17.2 Å². The molecule has 0 saturated carbocycles. The van der Waals surface area contributed by atoms with Crippen molar-refractivity contribution in [2.24, 2.45) is 0 Å². The molecule has 0 aliphatic carbocycles. The second kappa shape index (κ2) is 5.94. The van der Waals surface area contributed by atoms with Crippen molar-refractivity contribution in [3.05, 3.63) is 62.3 Å². The van der Waals surface area contributed by atoms with E-state index in [-0.39, 0.29) is 10.9 Å². The molecule has 0 atom stereocenters. The molecule has 0 aliphatic rings. The summed E-state index contributed by atoms with van der Waals surface area (Å²) in [6.45, 7) is 3.82. The molecule has 2 aromatic rings. The molecule has 0 radical (unpaired) electrons. The maximum absolute atomic E-state index is 13.2. The summed E-state index contributed by atoms with van der Waals surface area (Å²) >= 11 is 9.14. The first-order valence-corrected chi connectivity index (χ1v) is 7.08. The molecule has 0 saturated heterocycles. The number of carbonyl (C=O) groups excluding carboxylic acids is 1. The lowest BCUT2D eigenvalue weighted by molar-refractivity contribution is 0.102. The van der Waals surface area contributed by atoms with Crippen LogP contribution >= 0.6 is 27.5 Å². The highest BCUT2D eigenvalue weighted by atomic mass is 79.9. The van der Waals surface area contributed by atoms with Gasteiger partial charge in [-0.1, -0.05) is 29.3 Å². The van der Waals surface area contributed by atoms with E-state index in [2.05, 4.69) is 21.2 Å². The van der Waals surface area contributed by atoms with E-state index in [0.29, 0.717) is 15.7 Å². The van der Waals surface area contributed by atoms with E-state index in [1.54, 1.807) is 6.07 Å². The number of halogens is 3. The summed E-state index contributed by atoms with van der Waals surface area (Å²) in [5.41, 5.74) is 2.87. The second-order valence-corrected chi connectivity index (χ2v) is 5.78. The van der Waals surface area contributed by atoms with Crippen molar-refractivity contribution in [3.8, 4) is 0 Å². The molecule has 2 nitrogen and oxygen atoms in total. The number of rotatable bonds is 2. The molecule has 2 rings (SSSR count). The van der Waals surface area contributed by atoms with Crippen LogP contribution in [0.3, 0.4) is 0 Å². The van der Waals surface area contributed by atoms with Crippen molar-refractivity contribution in [1.82, 2.24) is 0 Å². The molecule has 0 aliphatic heterocycles. The summed E-state index contributed by atoms with van der Waals surface area (Å²) in [6.07, 6.45) is 0. The predicted octanol–water partition coefficient (Wildman–Crippen LogP) is 5.11. The zero-order chi connectivity index (χ0) is 14.9. The van der Waals surface area contributed by atoms with E-state index in [1.807, 2.05) is 26.0 Å². The van der Waals surface area contributed by atoms with Gasteiger partial charge in [-0.25, -0.2) is 4.39 Å². The zero-order valence-corrected chi connectivity index (χ0v) is 13.3. The molecular weight excluding hydrogens is 345 g/mol. The maximum Gasteiger partial charge on any atom is 0.255 e. The quantitative estimate of drug-likeness (QED) is 0.796. The Hall–Kier alpha value is -1.39. The fourth-order valence-corrected chi connectivity index (χ4v) is 2.81. The Bertz CT molecular complexity index is 665. The van der Waals surface area contributed by atoms with Gasteiger partial charge in [0.1, 0.15) is 5.82 Å². The first-order valence-electron chi connectivity index (χ1n) is 5.91. The van der Waals surface area contributed by atoms with Gasteiger partial charge in [0.15, 0.2) is 0 Å². The van der Waals surface area contributed by atoms with Crippen molar-refractivity contribution >= 4 is 39.1 Å². The third-order valence-electron chi connectivity index (χ3n) is 2.87. The topological polar surface area (TPSA) is 29.1 Å². The molecule has 0 spiro atoms. The largest absolute Gasteiger partial charge is 0.320 e. The van der Waals surface area contributed by atoms with Crippen LogP contribution in [0.5, 0.6) is 0 Å². The van der Waals surface area contributed by atoms with Gasteiger partial charge in [0, 0.05) is 10.0 Å². The minimum Gasteiger partial charge on any atom is -0.320 e. The predicted molar refractivity (Wildman–Crippen MR) is 83.0 cm³/mol. The number of benzene rings is 2. The number of amides is 1. The molecule has 0 fully saturated rings. The van der Waals surface area contributed by atoms with Gasteiger partial charge >= 0.3 is 0 Å². The van der Waals surface area contributed by atoms with E-state index >= 15 is 0 Å². The van der Waals surface area contributed by atoms with Gasteiger partial charge in [-0.2, -0.15) is 0 Å². The number of hydrogen-bond acceptors (Lipinski definition) is 1. The molecular formula is C15H12BrClFNO. The van der Waals surface area contributed by atoms with Gasteiger partial charge in [-0.15, -0.1) is 0 Å². The lowest BCUT2D eigenvalue weighted by Gasteiger charge is -2.11. The van der Waals surface area contributed by atoms with Crippen molar-refractivity contribution in [1.29, 1.82) is 0 Å². The molecule has 104 valence electrons. The third kappa shape index (κ3) is 3.19. The van der Waals surface area contributed by atoms with Gasteiger partial charge in [-0.05, 0) is 53.5 Å². The van der Waals surface area contributed by atoms with Crippen molar-refractivity contribution in [2.75, 3.05) is 5.32 Å². The van der Waals surface area contributed by atoms with Crippen LogP contribution < -0.4 is 5.32 Å². The van der Waals surface area contributed by atoms with Crippen molar-refractivity contribution < 1.29 is 9.18 Å². The number of carbonyl (C=O) groups is 1. The summed E-state index contributed by atoms with van der Waals surface area (Å²) < 4.78 is 13.6. The van der Waals surface area contributed by atoms with Gasteiger partial charge in [0.05, 0.1) is 10.7 Å². The fraction of sp³-hybridized carbons (Fsp3) is 0.133. The third-order valence-corrected chi connectivity index (χ3v) is 3.80. The Labute approximate surface area is 130 Å². The highest BCUT2D eigenvalue weighted by Gasteiger charge is 2.14. The Balaban J connectivity index is 2.33. The van der Waals surface area contributed by atoms with Crippen LogP contribution in [0.15, 0.2) is 34.8 Å². The Kier molecular flexibility index (Phi) is 4.45. The average molecular weight is 357 g/mol. The number of anilines is 1. The van der Waals surface area contributed by atoms with Gasteiger partial charge in [-0.3, -0.25) is 4.79 Å². The Morgan fingerprint density at radius 1 is 1.25 bits per heavy atom. The zero-order valence-electron chi connectivity index (χ0n) is 10.9. The van der Waals surface area contributed by atoms with E-state index in [9.17, 15) is 9.18 Å². The highest BCUT2D eigenvalue weighted by molar-refractivity contribution is 9.10. The van der Waals surface area contributed by atoms with E-state index in [4.69, 9.17) is 11.6 Å². The smallest absolute Gasteiger partial charge is 0.255 e. The molecule has 2 aromatic carbocycles. The first-order chi connectivity index (χ1) is 9.38. The maximum atomic E-state index is 13.2. The minimum atomic E-state index is -0.466. The van der Waals surface area contributed by atoms with Crippen LogP contribution in [0.1, 0.15) is 21.5 Å². The average Bonchev–Trinajstić information content (AvgIpc) is 2.33. The fourth-order valence-electron chi connectivity index (χ4n) is 1.91. The molecule has 0 heterocycles. The highest BCUT2D eigenvalue weighted by Crippen LogP contribution is 2.32. The summed E-state index contributed by atoms with van der Waals surface area (Å²) in [7, 11) is 0. The Morgan fingerprint density at radius 2 is 1.95 bits per heavy atom.